The molecule has 3 rings (SSSR count). The van der Waals surface area contributed by atoms with Crippen molar-refractivity contribution in [2.75, 3.05) is 18.9 Å². The van der Waals surface area contributed by atoms with Crippen LogP contribution in [0.3, 0.4) is 0 Å². The molecule has 0 spiro atoms. The molecule has 1 fully saturated rings. The van der Waals surface area contributed by atoms with Crippen LogP contribution in [0, 0.1) is 11.7 Å². The molecule has 2 atom stereocenters. The summed E-state index contributed by atoms with van der Waals surface area (Å²) in [6.07, 6.45) is -4.53. The minimum Gasteiger partial charge on any atom is -0.344 e. The third-order valence-electron chi connectivity index (χ3n) is 4.57. The predicted molar refractivity (Wildman–Crippen MR) is 90.3 cm³/mol. The minimum absolute atomic E-state index is 0.0901. The van der Waals surface area contributed by atoms with E-state index >= 15 is 0 Å². The second kappa shape index (κ2) is 7.02. The number of anilines is 1. The summed E-state index contributed by atoms with van der Waals surface area (Å²) in [5.74, 6) is -3.95. The Hall–Kier alpha value is -2.90. The van der Waals surface area contributed by atoms with Crippen molar-refractivity contribution in [3.63, 3.8) is 0 Å². The Morgan fingerprint density at radius 2 is 1.85 bits per heavy atom. The molecule has 0 bridgehead atoms. The summed E-state index contributed by atoms with van der Waals surface area (Å²) in [5, 5.41) is 2.36. The first-order valence-electron chi connectivity index (χ1n) is 8.16. The number of likely N-dealkylation sites (tertiary alicyclic amines) is 1. The Balaban J connectivity index is 1.92. The number of carbonyl (C=O) groups excluding carboxylic acids is 2. The number of benzene rings is 2. The van der Waals surface area contributed by atoms with E-state index in [2.05, 4.69) is 5.32 Å². The summed E-state index contributed by atoms with van der Waals surface area (Å²) in [6, 6.07) is 10.0. The zero-order valence-electron chi connectivity index (χ0n) is 14.3. The van der Waals surface area contributed by atoms with Crippen LogP contribution >= 0.6 is 0 Å². The van der Waals surface area contributed by atoms with Gasteiger partial charge < -0.3 is 10.2 Å². The lowest BCUT2D eigenvalue weighted by Gasteiger charge is -2.18. The lowest BCUT2D eigenvalue weighted by molar-refractivity contribution is -0.137. The van der Waals surface area contributed by atoms with Crippen LogP contribution in [0.15, 0.2) is 48.5 Å². The standard InChI is InChI=1S/C19H16F4N2O2/c1-25-10-13(11-5-4-6-12(9-11)19(21,22)23)16(18(25)27)17(26)24-15-8-3-2-7-14(15)20/h2-9,13,16H,10H2,1H3,(H,24,26)/t13-,16?/m1/s1. The number of hydrogen-bond donors (Lipinski definition) is 1. The number of alkyl halides is 3. The molecule has 1 N–H and O–H groups in total. The topological polar surface area (TPSA) is 49.4 Å². The molecule has 4 nitrogen and oxygen atoms in total. The van der Waals surface area contributed by atoms with Gasteiger partial charge in [-0.15, -0.1) is 0 Å². The summed E-state index contributed by atoms with van der Waals surface area (Å²) in [7, 11) is 1.47. The number of halogens is 4. The van der Waals surface area contributed by atoms with E-state index in [9.17, 15) is 27.2 Å². The molecule has 0 saturated carbocycles. The van der Waals surface area contributed by atoms with Crippen LogP contribution in [0.4, 0.5) is 23.2 Å². The van der Waals surface area contributed by atoms with Gasteiger partial charge in [0.25, 0.3) is 0 Å². The predicted octanol–water partition coefficient (Wildman–Crippen LogP) is 3.66. The Labute approximate surface area is 152 Å². The van der Waals surface area contributed by atoms with Gasteiger partial charge in [0.2, 0.25) is 11.8 Å². The van der Waals surface area contributed by atoms with Crippen LogP contribution in [0.25, 0.3) is 0 Å². The van der Waals surface area contributed by atoms with Crippen LogP contribution in [0.1, 0.15) is 17.0 Å². The van der Waals surface area contributed by atoms with E-state index in [1.165, 1.54) is 42.3 Å². The molecule has 0 radical (unpaired) electrons. The summed E-state index contributed by atoms with van der Waals surface area (Å²) < 4.78 is 52.8. The third-order valence-corrected chi connectivity index (χ3v) is 4.57. The van der Waals surface area contributed by atoms with Gasteiger partial charge in [-0.25, -0.2) is 4.39 Å². The Kier molecular flexibility index (Phi) is 4.91. The number of hydrogen-bond acceptors (Lipinski definition) is 2. The second-order valence-electron chi connectivity index (χ2n) is 6.40. The maximum atomic E-state index is 13.8. The lowest BCUT2D eigenvalue weighted by atomic mass is 9.87. The number of amides is 2. The number of rotatable bonds is 3. The number of likely N-dealkylation sites (N-methyl/N-ethyl adjacent to an activating group) is 1. The Morgan fingerprint density at radius 1 is 1.15 bits per heavy atom. The van der Waals surface area contributed by atoms with E-state index in [1.54, 1.807) is 0 Å². The summed E-state index contributed by atoms with van der Waals surface area (Å²) >= 11 is 0. The van der Waals surface area contributed by atoms with Gasteiger partial charge in [-0.05, 0) is 23.8 Å². The molecule has 0 aliphatic carbocycles. The quantitative estimate of drug-likeness (QED) is 0.653. The number of nitrogens with one attached hydrogen (secondary N) is 1. The third kappa shape index (κ3) is 3.79. The molecule has 1 aliphatic rings. The Morgan fingerprint density at radius 3 is 2.52 bits per heavy atom. The monoisotopic (exact) mass is 380 g/mol. The highest BCUT2D eigenvalue weighted by atomic mass is 19.4. The average Bonchev–Trinajstić information content (AvgIpc) is 2.91. The van der Waals surface area contributed by atoms with Crippen molar-refractivity contribution in [1.29, 1.82) is 0 Å². The van der Waals surface area contributed by atoms with Gasteiger partial charge in [-0.3, -0.25) is 9.59 Å². The Bertz CT molecular complexity index is 882. The zero-order chi connectivity index (χ0) is 19.8. The molecule has 2 aromatic rings. The van der Waals surface area contributed by atoms with Crippen molar-refractivity contribution in [1.82, 2.24) is 4.90 Å². The average molecular weight is 380 g/mol. The first kappa shape index (κ1) is 18.9. The van der Waals surface area contributed by atoms with E-state index in [1.807, 2.05) is 0 Å². The van der Waals surface area contributed by atoms with Crippen molar-refractivity contribution in [3.8, 4) is 0 Å². The smallest absolute Gasteiger partial charge is 0.344 e. The normalized spacial score (nSPS) is 20.0. The largest absolute Gasteiger partial charge is 0.416 e. The molecule has 0 aromatic heterocycles. The number of nitrogens with zero attached hydrogens (tertiary/aromatic N) is 1. The van der Waals surface area contributed by atoms with E-state index in [4.69, 9.17) is 0 Å². The molecule has 1 saturated heterocycles. The van der Waals surface area contributed by atoms with Gasteiger partial charge in [0.15, 0.2) is 0 Å². The fraction of sp³-hybridized carbons (Fsp3) is 0.263. The van der Waals surface area contributed by atoms with Crippen LogP contribution in [-0.2, 0) is 15.8 Å². The van der Waals surface area contributed by atoms with Gasteiger partial charge in [0, 0.05) is 19.5 Å². The minimum atomic E-state index is -4.53. The molecule has 8 heteroatoms. The summed E-state index contributed by atoms with van der Waals surface area (Å²) in [4.78, 5) is 26.4. The molecule has 27 heavy (non-hydrogen) atoms. The van der Waals surface area contributed by atoms with Crippen molar-refractivity contribution >= 4 is 17.5 Å². The van der Waals surface area contributed by atoms with Crippen LogP contribution in [0.2, 0.25) is 0 Å². The number of para-hydroxylation sites is 1. The highest BCUT2D eigenvalue weighted by Crippen LogP contribution is 2.37. The van der Waals surface area contributed by atoms with Crippen molar-refractivity contribution in [2.45, 2.75) is 12.1 Å². The first-order valence-corrected chi connectivity index (χ1v) is 8.16. The zero-order valence-corrected chi connectivity index (χ0v) is 14.3. The van der Waals surface area contributed by atoms with E-state index in [0.29, 0.717) is 0 Å². The molecule has 142 valence electrons. The van der Waals surface area contributed by atoms with Gasteiger partial charge in [-0.2, -0.15) is 13.2 Å². The van der Waals surface area contributed by atoms with Gasteiger partial charge >= 0.3 is 6.18 Å². The summed E-state index contributed by atoms with van der Waals surface area (Å²) in [5.41, 5.74) is -0.709. The molecule has 2 amide bonds. The fourth-order valence-electron chi connectivity index (χ4n) is 3.21. The van der Waals surface area contributed by atoms with Gasteiger partial charge in [0.1, 0.15) is 11.7 Å². The second-order valence-corrected chi connectivity index (χ2v) is 6.40. The van der Waals surface area contributed by atoms with Gasteiger partial charge in [0.05, 0.1) is 11.3 Å². The molecule has 1 aliphatic heterocycles. The lowest BCUT2D eigenvalue weighted by Crippen LogP contribution is -2.33. The highest BCUT2D eigenvalue weighted by Gasteiger charge is 2.45. The molecule has 1 unspecified atom stereocenters. The van der Waals surface area contributed by atoms with E-state index < -0.39 is 41.2 Å². The van der Waals surface area contributed by atoms with Crippen LogP contribution < -0.4 is 5.32 Å². The van der Waals surface area contributed by atoms with Crippen molar-refractivity contribution in [3.05, 3.63) is 65.5 Å². The fourth-order valence-corrected chi connectivity index (χ4v) is 3.21. The molecular formula is C19H16F4N2O2. The maximum Gasteiger partial charge on any atom is 0.416 e. The highest BCUT2D eigenvalue weighted by molar-refractivity contribution is 6.08. The van der Waals surface area contributed by atoms with Crippen molar-refractivity contribution < 1.29 is 27.2 Å². The maximum absolute atomic E-state index is 13.8. The van der Waals surface area contributed by atoms with Crippen LogP contribution in [0.5, 0.6) is 0 Å². The van der Waals surface area contributed by atoms with Crippen LogP contribution in [-0.4, -0.2) is 30.3 Å². The SMILES string of the molecule is CN1C[C@H](c2cccc(C(F)(F)F)c2)C(C(=O)Nc2ccccc2F)C1=O. The molecule has 1 heterocycles. The number of carbonyl (C=O) groups is 2. The molecular weight excluding hydrogens is 364 g/mol. The first-order chi connectivity index (χ1) is 12.7. The summed E-state index contributed by atoms with van der Waals surface area (Å²) in [6.45, 7) is 0.0928. The molecule has 2 aromatic carbocycles. The van der Waals surface area contributed by atoms with E-state index in [0.717, 1.165) is 18.2 Å². The van der Waals surface area contributed by atoms with E-state index in [-0.39, 0.29) is 17.8 Å². The van der Waals surface area contributed by atoms with Crippen molar-refractivity contribution in [2.24, 2.45) is 5.92 Å². The van der Waals surface area contributed by atoms with Gasteiger partial charge in [-0.1, -0.05) is 30.3 Å².